The summed E-state index contributed by atoms with van der Waals surface area (Å²) in [6.45, 7) is 6.52. The molecule has 104 valence electrons. The molecule has 0 saturated heterocycles. The lowest BCUT2D eigenvalue weighted by Gasteiger charge is -2.17. The Labute approximate surface area is 109 Å². The fourth-order valence-corrected chi connectivity index (χ4v) is 2.58. The van der Waals surface area contributed by atoms with Crippen LogP contribution in [0.2, 0.25) is 0 Å². The van der Waals surface area contributed by atoms with Crippen LogP contribution in [-0.4, -0.2) is 25.7 Å². The van der Waals surface area contributed by atoms with Crippen molar-refractivity contribution in [2.45, 2.75) is 40.0 Å². The first kappa shape index (κ1) is 15.0. The van der Waals surface area contributed by atoms with E-state index < -0.39 is 0 Å². The minimum absolute atomic E-state index is 0.141. The van der Waals surface area contributed by atoms with Gasteiger partial charge in [0, 0.05) is 0 Å². The summed E-state index contributed by atoms with van der Waals surface area (Å²) in [7, 11) is 1.40. The van der Waals surface area contributed by atoms with Crippen LogP contribution in [0.5, 0.6) is 0 Å². The van der Waals surface area contributed by atoms with E-state index in [9.17, 15) is 9.59 Å². The van der Waals surface area contributed by atoms with Gasteiger partial charge >= 0.3 is 11.9 Å². The summed E-state index contributed by atoms with van der Waals surface area (Å²) in [4.78, 5) is 23.5. The first-order valence-corrected chi connectivity index (χ1v) is 6.74. The molecule has 0 aromatic heterocycles. The average molecular weight is 256 g/mol. The lowest BCUT2D eigenvalue weighted by atomic mass is 9.94. The van der Waals surface area contributed by atoms with E-state index in [2.05, 4.69) is 0 Å². The zero-order valence-corrected chi connectivity index (χ0v) is 11.8. The highest BCUT2D eigenvalue weighted by Crippen LogP contribution is 2.39. The molecule has 0 heterocycles. The van der Waals surface area contributed by atoms with Gasteiger partial charge in [0.1, 0.15) is 0 Å². The van der Waals surface area contributed by atoms with Gasteiger partial charge in [0.25, 0.3) is 0 Å². The van der Waals surface area contributed by atoms with Crippen molar-refractivity contribution in [3.63, 3.8) is 0 Å². The van der Waals surface area contributed by atoms with Gasteiger partial charge in [-0.3, -0.25) is 9.59 Å². The highest BCUT2D eigenvalue weighted by molar-refractivity contribution is 5.77. The van der Waals surface area contributed by atoms with Gasteiger partial charge in [-0.2, -0.15) is 0 Å². The highest BCUT2D eigenvalue weighted by atomic mass is 16.5. The van der Waals surface area contributed by atoms with Gasteiger partial charge in [-0.25, -0.2) is 0 Å². The summed E-state index contributed by atoms with van der Waals surface area (Å²) in [6.07, 6.45) is 2.21. The van der Waals surface area contributed by atoms with Gasteiger partial charge in [-0.15, -0.1) is 0 Å². The van der Waals surface area contributed by atoms with Gasteiger partial charge in [0.05, 0.1) is 25.6 Å². The normalized spacial score (nSPS) is 27.3. The van der Waals surface area contributed by atoms with Gasteiger partial charge in [0.15, 0.2) is 0 Å². The molecule has 1 rings (SSSR count). The average Bonchev–Trinajstić information content (AvgIpc) is 2.78. The largest absolute Gasteiger partial charge is 0.469 e. The second-order valence-corrected chi connectivity index (χ2v) is 5.49. The fourth-order valence-electron chi connectivity index (χ4n) is 2.58. The molecule has 0 amide bonds. The smallest absolute Gasteiger partial charge is 0.309 e. The van der Waals surface area contributed by atoms with Crippen molar-refractivity contribution in [2.75, 3.05) is 13.7 Å². The summed E-state index contributed by atoms with van der Waals surface area (Å²) < 4.78 is 10.1. The van der Waals surface area contributed by atoms with Crippen LogP contribution in [0.15, 0.2) is 0 Å². The molecular weight excluding hydrogens is 232 g/mol. The van der Waals surface area contributed by atoms with Crippen molar-refractivity contribution in [3.05, 3.63) is 0 Å². The molecular formula is C14H24O4. The predicted molar refractivity (Wildman–Crippen MR) is 67.8 cm³/mol. The number of carbonyl (C=O) groups is 2. The van der Waals surface area contributed by atoms with Crippen LogP contribution in [0.1, 0.15) is 40.0 Å². The van der Waals surface area contributed by atoms with E-state index in [4.69, 9.17) is 9.47 Å². The van der Waals surface area contributed by atoms with Crippen LogP contribution >= 0.6 is 0 Å². The summed E-state index contributed by atoms with van der Waals surface area (Å²) in [6, 6.07) is 0. The quantitative estimate of drug-likeness (QED) is 0.709. The molecule has 1 aliphatic carbocycles. The molecule has 1 aliphatic rings. The predicted octanol–water partition coefficient (Wildman–Crippen LogP) is 2.41. The molecule has 0 aliphatic heterocycles. The first-order chi connectivity index (χ1) is 8.49. The van der Waals surface area contributed by atoms with Crippen LogP contribution in [-0.2, 0) is 19.1 Å². The summed E-state index contributed by atoms with van der Waals surface area (Å²) in [5, 5.41) is 0. The Morgan fingerprint density at radius 2 is 1.89 bits per heavy atom. The highest BCUT2D eigenvalue weighted by Gasteiger charge is 2.42. The van der Waals surface area contributed by atoms with E-state index in [-0.39, 0.29) is 29.7 Å². The Hall–Kier alpha value is -1.06. The Morgan fingerprint density at radius 3 is 2.39 bits per heavy atom. The number of esters is 2. The molecule has 0 N–H and O–H groups in total. The first-order valence-electron chi connectivity index (χ1n) is 6.74. The zero-order valence-electron chi connectivity index (χ0n) is 11.8. The molecule has 3 atom stereocenters. The Morgan fingerprint density at radius 1 is 1.22 bits per heavy atom. The van der Waals surface area contributed by atoms with Crippen LogP contribution in [0.4, 0.5) is 0 Å². The molecule has 4 nitrogen and oxygen atoms in total. The minimum Gasteiger partial charge on any atom is -0.469 e. The maximum atomic E-state index is 12.0. The number of rotatable bonds is 5. The summed E-state index contributed by atoms with van der Waals surface area (Å²) in [5.74, 6) is -0.0513. The molecule has 0 aromatic rings. The maximum Gasteiger partial charge on any atom is 0.309 e. The van der Waals surface area contributed by atoms with Crippen molar-refractivity contribution in [2.24, 2.45) is 23.7 Å². The van der Waals surface area contributed by atoms with Gasteiger partial charge < -0.3 is 9.47 Å². The third-order valence-electron chi connectivity index (χ3n) is 3.62. The van der Waals surface area contributed by atoms with Crippen LogP contribution in [0.25, 0.3) is 0 Å². The van der Waals surface area contributed by atoms with Gasteiger partial charge in [-0.05, 0) is 24.7 Å². The third kappa shape index (κ3) is 3.72. The van der Waals surface area contributed by atoms with Crippen LogP contribution in [0.3, 0.4) is 0 Å². The van der Waals surface area contributed by atoms with Gasteiger partial charge in [0.2, 0.25) is 0 Å². The molecule has 0 aromatic carbocycles. The van der Waals surface area contributed by atoms with E-state index in [1.165, 1.54) is 7.11 Å². The molecule has 4 heteroatoms. The third-order valence-corrected chi connectivity index (χ3v) is 3.62. The Balaban J connectivity index is 2.58. The lowest BCUT2D eigenvalue weighted by molar-refractivity contribution is -0.151. The van der Waals surface area contributed by atoms with Crippen molar-refractivity contribution in [1.82, 2.24) is 0 Å². The van der Waals surface area contributed by atoms with Crippen molar-refractivity contribution >= 4 is 11.9 Å². The van der Waals surface area contributed by atoms with E-state index in [1.54, 1.807) is 0 Å². The van der Waals surface area contributed by atoms with Crippen molar-refractivity contribution < 1.29 is 19.1 Å². The Bertz CT molecular complexity index is 298. The Kier molecular flexibility index (Phi) is 5.63. The number of hydrogen-bond donors (Lipinski definition) is 0. The molecule has 1 fully saturated rings. The van der Waals surface area contributed by atoms with Crippen LogP contribution < -0.4 is 0 Å². The number of ether oxygens (including phenoxy) is 2. The molecule has 3 unspecified atom stereocenters. The van der Waals surface area contributed by atoms with Gasteiger partial charge in [-0.1, -0.05) is 27.2 Å². The SMILES string of the molecule is CCC1CC(C(=O)OC)CC1C(=O)OCC(C)C. The number of hydrogen-bond acceptors (Lipinski definition) is 4. The van der Waals surface area contributed by atoms with E-state index >= 15 is 0 Å². The standard InChI is InChI=1S/C14H24O4/c1-5-10-6-11(13(15)17-4)7-12(10)14(16)18-8-9(2)3/h9-12H,5-8H2,1-4H3. The van der Waals surface area contributed by atoms with Crippen molar-refractivity contribution in [1.29, 1.82) is 0 Å². The van der Waals surface area contributed by atoms with Crippen molar-refractivity contribution in [3.8, 4) is 0 Å². The van der Waals surface area contributed by atoms with E-state index in [0.29, 0.717) is 18.9 Å². The summed E-state index contributed by atoms with van der Waals surface area (Å²) in [5.41, 5.74) is 0. The maximum absolute atomic E-state index is 12.0. The fraction of sp³-hybridized carbons (Fsp3) is 0.857. The molecule has 0 bridgehead atoms. The monoisotopic (exact) mass is 256 g/mol. The summed E-state index contributed by atoms with van der Waals surface area (Å²) >= 11 is 0. The molecule has 18 heavy (non-hydrogen) atoms. The number of carbonyl (C=O) groups excluding carboxylic acids is 2. The molecule has 1 saturated carbocycles. The number of methoxy groups -OCH3 is 1. The molecule has 0 radical (unpaired) electrons. The lowest BCUT2D eigenvalue weighted by Crippen LogP contribution is -2.23. The van der Waals surface area contributed by atoms with Crippen LogP contribution in [0, 0.1) is 23.7 Å². The van der Waals surface area contributed by atoms with E-state index in [0.717, 1.165) is 12.8 Å². The topological polar surface area (TPSA) is 52.6 Å². The molecule has 0 spiro atoms. The second kappa shape index (κ2) is 6.76. The van der Waals surface area contributed by atoms with E-state index in [1.807, 2.05) is 20.8 Å². The zero-order chi connectivity index (χ0) is 13.7. The minimum atomic E-state index is -0.201. The second-order valence-electron chi connectivity index (χ2n) is 5.49.